The van der Waals surface area contributed by atoms with E-state index in [1.807, 2.05) is 0 Å². The van der Waals surface area contributed by atoms with Crippen molar-refractivity contribution in [3.05, 3.63) is 0 Å². The Hall–Kier alpha value is -0.0162. The molecular weight excluding hydrogens is 156 g/mol. The molecule has 0 aromatic heterocycles. The van der Waals surface area contributed by atoms with Crippen LogP contribution in [0.4, 0.5) is 0 Å². The third-order valence-corrected chi connectivity index (χ3v) is 4.54. The second-order valence-corrected chi connectivity index (χ2v) is 4.96. The van der Waals surface area contributed by atoms with Gasteiger partial charge in [-0.2, -0.15) is 0 Å². The standard InChI is InChI=1S/C3H8O4Si2/c1-2-3(4)9-6-5-8-7-9/h9H,2,8H2,1H3. The predicted molar refractivity (Wildman–Crippen MR) is 34.2 cm³/mol. The zero-order valence-corrected chi connectivity index (χ0v) is 7.69. The summed E-state index contributed by atoms with van der Waals surface area (Å²) >= 11 is 0. The average molecular weight is 164 g/mol. The van der Waals surface area contributed by atoms with Crippen LogP contribution in [0.3, 0.4) is 0 Å². The van der Waals surface area contributed by atoms with Gasteiger partial charge < -0.3 is 4.12 Å². The lowest BCUT2D eigenvalue weighted by molar-refractivity contribution is -0.122. The SMILES string of the molecule is CCC(=O)[SiH]1OO[SiH2]O1. The van der Waals surface area contributed by atoms with E-state index in [4.69, 9.17) is 4.12 Å². The number of hydrogen-bond acceptors (Lipinski definition) is 4. The van der Waals surface area contributed by atoms with Crippen LogP contribution in [0, 0.1) is 0 Å². The molecule has 0 radical (unpaired) electrons. The van der Waals surface area contributed by atoms with Crippen LogP contribution in [0.2, 0.25) is 0 Å². The first-order valence-corrected chi connectivity index (χ1v) is 5.44. The summed E-state index contributed by atoms with van der Waals surface area (Å²) in [7, 11) is -2.91. The fourth-order valence-corrected chi connectivity index (χ4v) is 3.36. The molecule has 1 heterocycles. The zero-order chi connectivity index (χ0) is 6.69. The first-order chi connectivity index (χ1) is 4.34. The van der Waals surface area contributed by atoms with Gasteiger partial charge >= 0.3 is 19.3 Å². The molecule has 1 saturated heterocycles. The lowest BCUT2D eigenvalue weighted by atomic mass is 10.6. The molecule has 0 aromatic carbocycles. The van der Waals surface area contributed by atoms with Crippen LogP contribution in [-0.2, 0) is 18.1 Å². The highest BCUT2D eigenvalue weighted by Crippen LogP contribution is 2.01. The fraction of sp³-hybridized carbons (Fsp3) is 0.667. The van der Waals surface area contributed by atoms with Crippen LogP contribution in [0.5, 0.6) is 0 Å². The van der Waals surface area contributed by atoms with Crippen molar-refractivity contribution in [2.24, 2.45) is 0 Å². The van der Waals surface area contributed by atoms with E-state index < -0.39 is 19.3 Å². The van der Waals surface area contributed by atoms with Gasteiger partial charge in [0.15, 0.2) is 5.41 Å². The molecule has 1 unspecified atom stereocenters. The van der Waals surface area contributed by atoms with Crippen molar-refractivity contribution in [3.63, 3.8) is 0 Å². The third kappa shape index (κ3) is 1.70. The van der Waals surface area contributed by atoms with Crippen LogP contribution < -0.4 is 0 Å². The van der Waals surface area contributed by atoms with Crippen LogP contribution in [-0.4, -0.2) is 24.7 Å². The fourth-order valence-electron chi connectivity index (χ4n) is 0.520. The van der Waals surface area contributed by atoms with Crippen LogP contribution in [0.25, 0.3) is 0 Å². The van der Waals surface area contributed by atoms with E-state index in [1.54, 1.807) is 6.92 Å². The largest absolute Gasteiger partial charge is 0.418 e. The zero-order valence-electron chi connectivity index (χ0n) is 5.12. The highest BCUT2D eigenvalue weighted by Gasteiger charge is 2.28. The summed E-state index contributed by atoms with van der Waals surface area (Å²) in [6.07, 6.45) is 0.495. The van der Waals surface area contributed by atoms with Gasteiger partial charge in [0.25, 0.3) is 0 Å². The summed E-state index contributed by atoms with van der Waals surface area (Å²) in [6, 6.07) is 0. The van der Waals surface area contributed by atoms with Gasteiger partial charge in [-0.15, -0.1) is 0 Å². The van der Waals surface area contributed by atoms with E-state index in [9.17, 15) is 4.79 Å². The molecule has 1 aliphatic rings. The molecule has 1 atom stereocenters. The Balaban J connectivity index is 2.32. The number of carbonyl (C=O) groups is 1. The predicted octanol–water partition coefficient (Wildman–Crippen LogP) is -1.30. The van der Waals surface area contributed by atoms with E-state index >= 15 is 0 Å². The number of hydrogen-bond donors (Lipinski definition) is 0. The first kappa shape index (κ1) is 7.10. The molecule has 1 fully saturated rings. The normalized spacial score (nSPS) is 29.2. The highest BCUT2D eigenvalue weighted by atomic mass is 28.4. The molecule has 0 N–H and O–H groups in total. The minimum atomic E-state index is -1.97. The van der Waals surface area contributed by atoms with Gasteiger partial charge in [0, 0.05) is 6.42 Å². The molecule has 4 nitrogen and oxygen atoms in total. The number of rotatable bonds is 2. The molecule has 9 heavy (non-hydrogen) atoms. The van der Waals surface area contributed by atoms with E-state index in [0.29, 0.717) is 6.42 Å². The molecule has 6 heteroatoms. The monoisotopic (exact) mass is 164 g/mol. The van der Waals surface area contributed by atoms with Crippen LogP contribution in [0.15, 0.2) is 0 Å². The molecule has 0 spiro atoms. The summed E-state index contributed by atoms with van der Waals surface area (Å²) in [5.41, 5.74) is 0. The maximum atomic E-state index is 10.8. The minimum Gasteiger partial charge on any atom is -0.413 e. The van der Waals surface area contributed by atoms with Gasteiger partial charge in [-0.3, -0.25) is 13.9 Å². The topological polar surface area (TPSA) is 44.8 Å². The maximum absolute atomic E-state index is 10.8. The Bertz CT molecular complexity index is 110. The van der Waals surface area contributed by atoms with E-state index in [-0.39, 0.29) is 5.41 Å². The second kappa shape index (κ2) is 3.23. The van der Waals surface area contributed by atoms with Gasteiger partial charge in [0.2, 0.25) is 0 Å². The number of carbonyl (C=O) groups excluding carboxylic acids is 1. The Labute approximate surface area is 56.9 Å². The van der Waals surface area contributed by atoms with E-state index in [0.717, 1.165) is 0 Å². The van der Waals surface area contributed by atoms with E-state index in [2.05, 4.69) is 9.15 Å². The summed E-state index contributed by atoms with van der Waals surface area (Å²) in [5, 5.41) is 0.0833. The molecule has 0 bridgehead atoms. The van der Waals surface area contributed by atoms with Crippen molar-refractivity contribution < 1.29 is 18.1 Å². The minimum absolute atomic E-state index is 0.0833. The van der Waals surface area contributed by atoms with Crippen LogP contribution >= 0.6 is 0 Å². The molecule has 0 amide bonds. The molecule has 1 aliphatic heterocycles. The Morgan fingerprint density at radius 3 is 3.00 bits per heavy atom. The highest BCUT2D eigenvalue weighted by molar-refractivity contribution is 6.83. The molecule has 0 aliphatic carbocycles. The summed E-state index contributed by atoms with van der Waals surface area (Å²) in [6.45, 7) is 1.79. The molecular formula is C3H8O4Si2. The van der Waals surface area contributed by atoms with E-state index in [1.165, 1.54) is 0 Å². The van der Waals surface area contributed by atoms with Crippen LogP contribution in [0.1, 0.15) is 13.3 Å². The Kier molecular flexibility index (Phi) is 2.54. The van der Waals surface area contributed by atoms with Crippen molar-refractivity contribution in [1.82, 2.24) is 0 Å². The van der Waals surface area contributed by atoms with Gasteiger partial charge in [0.05, 0.1) is 0 Å². The maximum Gasteiger partial charge on any atom is 0.418 e. The quantitative estimate of drug-likeness (QED) is 0.376. The lowest BCUT2D eigenvalue weighted by Crippen LogP contribution is -2.26. The third-order valence-electron chi connectivity index (χ3n) is 1.03. The van der Waals surface area contributed by atoms with Crippen molar-refractivity contribution in [1.29, 1.82) is 0 Å². The lowest BCUT2D eigenvalue weighted by Gasteiger charge is -1.98. The van der Waals surface area contributed by atoms with Crippen molar-refractivity contribution >= 4 is 24.7 Å². The molecule has 52 valence electrons. The van der Waals surface area contributed by atoms with Crippen molar-refractivity contribution in [2.75, 3.05) is 0 Å². The molecule has 0 aromatic rings. The van der Waals surface area contributed by atoms with Gasteiger partial charge in [-0.1, -0.05) is 6.92 Å². The summed E-state index contributed by atoms with van der Waals surface area (Å²) in [4.78, 5) is 10.8. The second-order valence-electron chi connectivity index (χ2n) is 1.65. The summed E-state index contributed by atoms with van der Waals surface area (Å²) < 4.78 is 14.2. The molecule has 1 rings (SSSR count). The summed E-state index contributed by atoms with van der Waals surface area (Å²) in [5.74, 6) is 0. The Morgan fingerprint density at radius 2 is 2.56 bits per heavy atom. The Morgan fingerprint density at radius 1 is 1.78 bits per heavy atom. The first-order valence-electron chi connectivity index (χ1n) is 2.77. The van der Waals surface area contributed by atoms with Crippen molar-refractivity contribution in [2.45, 2.75) is 13.3 Å². The molecule has 0 saturated carbocycles. The van der Waals surface area contributed by atoms with Crippen molar-refractivity contribution in [3.8, 4) is 0 Å². The smallest absolute Gasteiger partial charge is 0.413 e. The van der Waals surface area contributed by atoms with Gasteiger partial charge in [-0.05, 0) is 0 Å². The van der Waals surface area contributed by atoms with Gasteiger partial charge in [0.1, 0.15) is 0 Å². The average Bonchev–Trinajstić information content (AvgIpc) is 2.37. The van der Waals surface area contributed by atoms with Gasteiger partial charge in [-0.25, -0.2) is 0 Å².